The van der Waals surface area contributed by atoms with E-state index in [0.717, 1.165) is 33.6 Å². The second-order valence-corrected chi connectivity index (χ2v) is 8.38. The van der Waals surface area contributed by atoms with E-state index in [1.54, 1.807) is 0 Å². The summed E-state index contributed by atoms with van der Waals surface area (Å²) < 4.78 is 20.1. The molecule has 0 saturated heterocycles. The minimum atomic E-state index is -2.94. The van der Waals surface area contributed by atoms with Gasteiger partial charge in [-0.2, -0.15) is 0 Å². The highest BCUT2D eigenvalue weighted by molar-refractivity contribution is 7.85. The van der Waals surface area contributed by atoms with Crippen LogP contribution in [0.5, 0.6) is 5.75 Å². The molecule has 0 amide bonds. The van der Waals surface area contributed by atoms with Gasteiger partial charge in [-0.15, -0.1) is 0 Å². The van der Waals surface area contributed by atoms with E-state index in [-0.39, 0.29) is 0 Å². The molecule has 1 heterocycles. The fourth-order valence-electron chi connectivity index (χ4n) is 3.15. The van der Waals surface area contributed by atoms with Gasteiger partial charge in [0.05, 0.1) is 11.9 Å². The zero-order valence-corrected chi connectivity index (χ0v) is 13.6. The lowest BCUT2D eigenvalue weighted by molar-refractivity contribution is 0.359. The average Bonchev–Trinajstić information content (AvgIpc) is 3.11. The van der Waals surface area contributed by atoms with Crippen LogP contribution in [0.3, 0.4) is 0 Å². The van der Waals surface area contributed by atoms with Crippen molar-refractivity contribution in [2.75, 3.05) is 6.61 Å². The normalized spacial score (nSPS) is 13.4. The summed E-state index contributed by atoms with van der Waals surface area (Å²) in [6, 6.07) is 25.4. The Morgan fingerprint density at radius 1 is 0.739 bits per heavy atom. The molecule has 23 heavy (non-hydrogen) atoms. The number of benzene rings is 3. The van der Waals surface area contributed by atoms with Gasteiger partial charge in [-0.1, -0.05) is 72.8 Å². The molecule has 0 bridgehead atoms. The molecule has 2 nitrogen and oxygen atoms in total. The lowest BCUT2D eigenvalue weighted by Gasteiger charge is -2.21. The Morgan fingerprint density at radius 3 is 1.96 bits per heavy atom. The first-order valence-corrected chi connectivity index (χ1v) is 9.47. The Labute approximate surface area is 136 Å². The van der Waals surface area contributed by atoms with Crippen LogP contribution in [0.2, 0.25) is 0 Å². The minimum Gasteiger partial charge on any atom is -0.492 e. The van der Waals surface area contributed by atoms with Crippen LogP contribution in [0.4, 0.5) is 0 Å². The summed E-state index contributed by atoms with van der Waals surface area (Å²) in [7, 11) is -2.94. The van der Waals surface area contributed by atoms with E-state index in [2.05, 4.69) is 6.07 Å². The summed E-state index contributed by atoms with van der Waals surface area (Å²) in [5, 5.41) is 2.50. The molecule has 0 N–H and O–H groups in total. The third kappa shape index (κ3) is 2.31. The molecule has 0 unspecified atom stereocenters. The molecule has 3 aromatic carbocycles. The predicted molar refractivity (Wildman–Crippen MR) is 95.0 cm³/mol. The van der Waals surface area contributed by atoms with Crippen LogP contribution in [-0.4, -0.2) is 6.61 Å². The molecule has 1 aliphatic heterocycles. The first kappa shape index (κ1) is 14.3. The third-order valence-electron chi connectivity index (χ3n) is 4.27. The van der Waals surface area contributed by atoms with Gasteiger partial charge in [0.25, 0.3) is 0 Å². The number of hydrogen-bond donors (Lipinski definition) is 0. The SMILES string of the molecule is O=P(c1ccccc1)(c1ccccc1)c1cccc2c1OCC2. The lowest BCUT2D eigenvalue weighted by Crippen LogP contribution is -2.26. The van der Waals surface area contributed by atoms with Crippen molar-refractivity contribution in [3.8, 4) is 5.75 Å². The maximum absolute atomic E-state index is 14.3. The van der Waals surface area contributed by atoms with Crippen LogP contribution in [0.1, 0.15) is 5.56 Å². The fourth-order valence-corrected chi connectivity index (χ4v) is 5.98. The quantitative estimate of drug-likeness (QED) is 0.693. The highest BCUT2D eigenvalue weighted by atomic mass is 31.2. The Hall–Kier alpha value is -2.31. The molecule has 114 valence electrons. The highest BCUT2D eigenvalue weighted by Gasteiger charge is 2.34. The van der Waals surface area contributed by atoms with Crippen LogP contribution >= 0.6 is 7.14 Å². The molecule has 3 heteroatoms. The summed E-state index contributed by atoms with van der Waals surface area (Å²) >= 11 is 0. The van der Waals surface area contributed by atoms with Gasteiger partial charge in [0.1, 0.15) is 5.75 Å². The van der Waals surface area contributed by atoms with E-state index in [1.165, 1.54) is 0 Å². The second-order valence-electron chi connectivity index (χ2n) is 5.64. The zero-order valence-electron chi connectivity index (χ0n) is 12.7. The lowest BCUT2D eigenvalue weighted by atomic mass is 10.2. The van der Waals surface area contributed by atoms with E-state index in [4.69, 9.17) is 4.74 Å². The number of hydrogen-bond acceptors (Lipinski definition) is 2. The Balaban J connectivity index is 2.02. The number of para-hydroxylation sites is 1. The van der Waals surface area contributed by atoms with Crippen LogP contribution in [0.25, 0.3) is 0 Å². The van der Waals surface area contributed by atoms with Crippen LogP contribution in [0.15, 0.2) is 78.9 Å². The maximum atomic E-state index is 14.3. The number of ether oxygens (including phenoxy) is 1. The first-order valence-electron chi connectivity index (χ1n) is 7.77. The van der Waals surface area contributed by atoms with Gasteiger partial charge in [-0.25, -0.2) is 0 Å². The summed E-state index contributed by atoms with van der Waals surface area (Å²) in [6.07, 6.45) is 0.882. The van der Waals surface area contributed by atoms with E-state index < -0.39 is 7.14 Å². The highest BCUT2D eigenvalue weighted by Crippen LogP contribution is 2.46. The maximum Gasteiger partial charge on any atom is 0.174 e. The summed E-state index contributed by atoms with van der Waals surface area (Å²) in [5.74, 6) is 0.809. The van der Waals surface area contributed by atoms with Crippen molar-refractivity contribution >= 4 is 23.1 Å². The van der Waals surface area contributed by atoms with Crippen molar-refractivity contribution in [1.29, 1.82) is 0 Å². The molecule has 0 fully saturated rings. The average molecular weight is 320 g/mol. The van der Waals surface area contributed by atoms with Crippen molar-refractivity contribution in [1.82, 2.24) is 0 Å². The first-order chi connectivity index (χ1) is 11.3. The molecule has 0 radical (unpaired) electrons. The van der Waals surface area contributed by atoms with Gasteiger partial charge in [-0.05, 0) is 11.6 Å². The van der Waals surface area contributed by atoms with Crippen molar-refractivity contribution in [2.45, 2.75) is 6.42 Å². The zero-order chi connectivity index (χ0) is 15.7. The van der Waals surface area contributed by atoms with Gasteiger partial charge in [-0.3, -0.25) is 0 Å². The number of fused-ring (bicyclic) bond motifs is 1. The molecule has 0 atom stereocenters. The second kappa shape index (κ2) is 5.72. The number of rotatable bonds is 3. The van der Waals surface area contributed by atoms with Crippen molar-refractivity contribution in [2.24, 2.45) is 0 Å². The molecule has 0 saturated carbocycles. The van der Waals surface area contributed by atoms with Gasteiger partial charge in [0.15, 0.2) is 7.14 Å². The van der Waals surface area contributed by atoms with Crippen molar-refractivity contribution in [3.63, 3.8) is 0 Å². The topological polar surface area (TPSA) is 26.3 Å². The van der Waals surface area contributed by atoms with E-state index in [1.807, 2.05) is 72.8 Å². The summed E-state index contributed by atoms with van der Waals surface area (Å²) in [5.41, 5.74) is 1.15. The standard InChI is InChI=1S/C20H17O2P/c21-23(17-9-3-1-4-10-17,18-11-5-2-6-12-18)19-13-7-8-16-14-15-22-20(16)19/h1-13H,14-15H2. The summed E-state index contributed by atoms with van der Waals surface area (Å²) in [6.45, 7) is 0.663. The summed E-state index contributed by atoms with van der Waals surface area (Å²) in [4.78, 5) is 0. The molecule has 0 aromatic heterocycles. The minimum absolute atomic E-state index is 0.663. The Bertz CT molecular complexity index is 829. The van der Waals surface area contributed by atoms with Gasteiger partial charge >= 0.3 is 0 Å². The molecular weight excluding hydrogens is 303 g/mol. The van der Waals surface area contributed by atoms with Crippen LogP contribution in [0, 0.1) is 0 Å². The van der Waals surface area contributed by atoms with Crippen molar-refractivity contribution in [3.05, 3.63) is 84.4 Å². The smallest absolute Gasteiger partial charge is 0.174 e. The Kier molecular flexibility index (Phi) is 3.55. The molecule has 4 rings (SSSR count). The third-order valence-corrected chi connectivity index (χ3v) is 7.35. The molecule has 3 aromatic rings. The van der Waals surface area contributed by atoms with Gasteiger partial charge < -0.3 is 9.30 Å². The fraction of sp³-hybridized carbons (Fsp3) is 0.100. The molecule has 1 aliphatic rings. The van der Waals surface area contributed by atoms with E-state index in [9.17, 15) is 4.57 Å². The van der Waals surface area contributed by atoms with Gasteiger partial charge in [0, 0.05) is 17.0 Å². The molecule has 0 aliphatic carbocycles. The van der Waals surface area contributed by atoms with E-state index in [0.29, 0.717) is 6.61 Å². The molecular formula is C20H17O2P. The Morgan fingerprint density at radius 2 is 1.35 bits per heavy atom. The van der Waals surface area contributed by atoms with Crippen LogP contribution < -0.4 is 20.7 Å². The largest absolute Gasteiger partial charge is 0.492 e. The van der Waals surface area contributed by atoms with Crippen molar-refractivity contribution < 1.29 is 9.30 Å². The van der Waals surface area contributed by atoms with E-state index >= 15 is 0 Å². The van der Waals surface area contributed by atoms with Crippen LogP contribution in [-0.2, 0) is 11.0 Å². The molecule has 0 spiro atoms. The van der Waals surface area contributed by atoms with Gasteiger partial charge in [0.2, 0.25) is 0 Å². The monoisotopic (exact) mass is 320 g/mol. The predicted octanol–water partition coefficient (Wildman–Crippen LogP) is 3.26.